The van der Waals surface area contributed by atoms with Crippen LogP contribution in [0.2, 0.25) is 0 Å². The van der Waals surface area contributed by atoms with Gasteiger partial charge >= 0.3 is 0 Å². The number of aromatic nitrogens is 1. The normalized spacial score (nSPS) is 23.8. The van der Waals surface area contributed by atoms with E-state index >= 15 is 0 Å². The highest BCUT2D eigenvalue weighted by molar-refractivity contribution is 5.45. The van der Waals surface area contributed by atoms with Crippen molar-refractivity contribution in [3.05, 3.63) is 24.0 Å². The topological polar surface area (TPSA) is 28.2 Å². The average Bonchev–Trinajstić information content (AvgIpc) is 2.52. The Kier molecular flexibility index (Phi) is 6.04. The summed E-state index contributed by atoms with van der Waals surface area (Å²) in [6.45, 7) is 7.80. The lowest BCUT2D eigenvalue weighted by molar-refractivity contribution is 0.336. The number of hydrogen-bond donors (Lipinski definition) is 1. The van der Waals surface area contributed by atoms with E-state index in [4.69, 9.17) is 0 Å². The minimum absolute atomic E-state index is 0.332. The number of pyridine rings is 1. The molecule has 1 aromatic rings. The van der Waals surface area contributed by atoms with E-state index in [9.17, 15) is 0 Å². The Bertz CT molecular complexity index is 415. The molecule has 3 atom stereocenters. The Morgan fingerprint density at radius 2 is 2.19 bits per heavy atom. The molecule has 1 fully saturated rings. The van der Waals surface area contributed by atoms with E-state index in [1.165, 1.54) is 31.4 Å². The molecule has 3 heteroatoms. The van der Waals surface area contributed by atoms with Crippen molar-refractivity contribution in [3.8, 4) is 0 Å². The Morgan fingerprint density at radius 1 is 1.38 bits per heavy atom. The van der Waals surface area contributed by atoms with E-state index in [2.05, 4.69) is 55.2 Å². The van der Waals surface area contributed by atoms with Crippen molar-refractivity contribution in [2.24, 2.45) is 5.92 Å². The molecule has 0 aliphatic heterocycles. The van der Waals surface area contributed by atoms with E-state index in [1.807, 2.05) is 6.20 Å². The van der Waals surface area contributed by atoms with Crippen LogP contribution in [-0.2, 0) is 0 Å². The van der Waals surface area contributed by atoms with Crippen molar-refractivity contribution < 1.29 is 0 Å². The van der Waals surface area contributed by atoms with Gasteiger partial charge in [-0.15, -0.1) is 0 Å². The zero-order chi connectivity index (χ0) is 15.2. The molecule has 0 aromatic carbocycles. The first kappa shape index (κ1) is 16.3. The summed E-state index contributed by atoms with van der Waals surface area (Å²) in [4.78, 5) is 7.09. The second kappa shape index (κ2) is 7.79. The Morgan fingerprint density at radius 3 is 2.81 bits per heavy atom. The van der Waals surface area contributed by atoms with Gasteiger partial charge in [-0.3, -0.25) is 4.98 Å². The molecule has 0 radical (unpaired) electrons. The van der Waals surface area contributed by atoms with Gasteiger partial charge in [0, 0.05) is 19.1 Å². The van der Waals surface area contributed by atoms with E-state index < -0.39 is 0 Å². The van der Waals surface area contributed by atoms with Crippen molar-refractivity contribution in [1.29, 1.82) is 0 Å². The number of rotatable bonds is 6. The molecule has 21 heavy (non-hydrogen) atoms. The minimum atomic E-state index is 0.332. The first-order valence-electron chi connectivity index (χ1n) is 8.54. The lowest BCUT2D eigenvalue weighted by Crippen LogP contribution is -2.35. The van der Waals surface area contributed by atoms with Crippen LogP contribution in [0.1, 0.15) is 64.6 Å². The monoisotopic (exact) mass is 289 g/mol. The van der Waals surface area contributed by atoms with Crippen LogP contribution in [0, 0.1) is 5.92 Å². The predicted octanol–water partition coefficient (Wildman–Crippen LogP) is 4.16. The lowest BCUT2D eigenvalue weighted by Gasteiger charge is -2.35. The summed E-state index contributed by atoms with van der Waals surface area (Å²) >= 11 is 0. The maximum absolute atomic E-state index is 4.66. The van der Waals surface area contributed by atoms with Gasteiger partial charge in [-0.1, -0.05) is 26.7 Å². The molecule has 118 valence electrons. The summed E-state index contributed by atoms with van der Waals surface area (Å²) in [5, 5.41) is 3.49. The SMILES string of the molecule is CCCNC(C)c1ccc(N(C)C2CCCC(C)C2)cn1. The van der Waals surface area contributed by atoms with Gasteiger partial charge in [0.2, 0.25) is 0 Å². The van der Waals surface area contributed by atoms with E-state index in [-0.39, 0.29) is 0 Å². The molecule has 0 saturated heterocycles. The number of nitrogens with one attached hydrogen (secondary N) is 1. The third kappa shape index (κ3) is 4.44. The molecule has 1 aliphatic carbocycles. The van der Waals surface area contributed by atoms with Gasteiger partial charge in [0.05, 0.1) is 17.6 Å². The second-order valence-corrected chi connectivity index (χ2v) is 6.65. The van der Waals surface area contributed by atoms with E-state index in [0.717, 1.165) is 24.6 Å². The molecular formula is C18H31N3. The first-order chi connectivity index (χ1) is 10.1. The standard InChI is InChI=1S/C18H31N3/c1-5-11-19-15(3)18-10-9-17(13-20-18)21(4)16-8-6-7-14(2)12-16/h9-10,13-16,19H,5-8,11-12H2,1-4H3. The third-order valence-corrected chi connectivity index (χ3v) is 4.78. The fourth-order valence-electron chi connectivity index (χ4n) is 3.29. The molecule has 0 spiro atoms. The van der Waals surface area contributed by atoms with Gasteiger partial charge in [0.25, 0.3) is 0 Å². The summed E-state index contributed by atoms with van der Waals surface area (Å²) in [6, 6.07) is 5.41. The zero-order valence-electron chi connectivity index (χ0n) is 14.1. The largest absolute Gasteiger partial charge is 0.370 e. The molecule has 0 amide bonds. The van der Waals surface area contributed by atoms with Gasteiger partial charge < -0.3 is 10.2 Å². The van der Waals surface area contributed by atoms with Crippen LogP contribution in [0.3, 0.4) is 0 Å². The molecule has 3 unspecified atom stereocenters. The molecule has 2 rings (SSSR count). The maximum Gasteiger partial charge on any atom is 0.0572 e. The van der Waals surface area contributed by atoms with Crippen LogP contribution in [0.4, 0.5) is 5.69 Å². The van der Waals surface area contributed by atoms with Crippen molar-refractivity contribution >= 4 is 5.69 Å². The Balaban J connectivity index is 1.97. The highest BCUT2D eigenvalue weighted by Crippen LogP contribution is 2.29. The molecule has 1 heterocycles. The summed E-state index contributed by atoms with van der Waals surface area (Å²) in [6.07, 6.45) is 8.58. The maximum atomic E-state index is 4.66. The van der Waals surface area contributed by atoms with Crippen LogP contribution in [-0.4, -0.2) is 24.6 Å². The summed E-state index contributed by atoms with van der Waals surface area (Å²) in [7, 11) is 2.22. The predicted molar refractivity (Wildman–Crippen MR) is 90.8 cm³/mol. The fourth-order valence-corrected chi connectivity index (χ4v) is 3.29. The molecule has 3 nitrogen and oxygen atoms in total. The second-order valence-electron chi connectivity index (χ2n) is 6.65. The van der Waals surface area contributed by atoms with Gasteiger partial charge in [0.1, 0.15) is 0 Å². The minimum Gasteiger partial charge on any atom is -0.370 e. The van der Waals surface area contributed by atoms with Gasteiger partial charge in [-0.25, -0.2) is 0 Å². The number of hydrogen-bond acceptors (Lipinski definition) is 3. The highest BCUT2D eigenvalue weighted by Gasteiger charge is 2.22. The van der Waals surface area contributed by atoms with Crippen LogP contribution in [0.25, 0.3) is 0 Å². The van der Waals surface area contributed by atoms with Gasteiger partial charge in [0.15, 0.2) is 0 Å². The Hall–Kier alpha value is -1.09. The van der Waals surface area contributed by atoms with Crippen molar-refractivity contribution in [2.75, 3.05) is 18.5 Å². The quantitative estimate of drug-likeness (QED) is 0.852. The van der Waals surface area contributed by atoms with Crippen molar-refractivity contribution in [3.63, 3.8) is 0 Å². The number of anilines is 1. The zero-order valence-corrected chi connectivity index (χ0v) is 14.1. The van der Waals surface area contributed by atoms with Crippen LogP contribution in [0.5, 0.6) is 0 Å². The van der Waals surface area contributed by atoms with Crippen molar-refractivity contribution in [2.45, 2.75) is 65.0 Å². The number of nitrogens with zero attached hydrogens (tertiary/aromatic N) is 2. The summed E-state index contributed by atoms with van der Waals surface area (Å²) in [5.41, 5.74) is 2.39. The summed E-state index contributed by atoms with van der Waals surface area (Å²) in [5.74, 6) is 0.858. The fraction of sp³-hybridized carbons (Fsp3) is 0.722. The summed E-state index contributed by atoms with van der Waals surface area (Å²) < 4.78 is 0. The smallest absolute Gasteiger partial charge is 0.0572 e. The molecular weight excluding hydrogens is 258 g/mol. The van der Waals surface area contributed by atoms with Crippen LogP contribution < -0.4 is 10.2 Å². The van der Waals surface area contributed by atoms with E-state index in [1.54, 1.807) is 0 Å². The molecule has 1 aromatic heterocycles. The van der Waals surface area contributed by atoms with Crippen molar-refractivity contribution in [1.82, 2.24) is 10.3 Å². The third-order valence-electron chi connectivity index (χ3n) is 4.78. The molecule has 1 saturated carbocycles. The lowest BCUT2D eigenvalue weighted by atomic mass is 9.86. The molecule has 0 bridgehead atoms. The molecule has 1 N–H and O–H groups in total. The van der Waals surface area contributed by atoms with Gasteiger partial charge in [-0.2, -0.15) is 0 Å². The first-order valence-corrected chi connectivity index (χ1v) is 8.54. The Labute approximate surface area is 130 Å². The van der Waals surface area contributed by atoms with E-state index in [0.29, 0.717) is 12.1 Å². The molecule has 1 aliphatic rings. The average molecular weight is 289 g/mol. The van der Waals surface area contributed by atoms with Gasteiger partial charge in [-0.05, 0) is 50.8 Å². The van der Waals surface area contributed by atoms with Crippen LogP contribution in [0.15, 0.2) is 18.3 Å². The highest BCUT2D eigenvalue weighted by atomic mass is 15.1. The van der Waals surface area contributed by atoms with Crippen LogP contribution >= 0.6 is 0 Å².